The maximum absolute atomic E-state index is 13.9. The zero-order valence-electron chi connectivity index (χ0n) is 9.25. The van der Waals surface area contributed by atoms with E-state index in [4.69, 9.17) is 0 Å². The molecule has 0 radical (unpaired) electrons. The molecule has 2 aromatic rings. The van der Waals surface area contributed by atoms with Gasteiger partial charge in [-0.05, 0) is 12.1 Å². The summed E-state index contributed by atoms with van der Waals surface area (Å²) in [6.45, 7) is 0. The highest BCUT2D eigenvalue weighted by Gasteiger charge is 2.43. The van der Waals surface area contributed by atoms with Gasteiger partial charge in [-0.2, -0.15) is 13.9 Å². The van der Waals surface area contributed by atoms with E-state index in [1.54, 1.807) is 0 Å². The van der Waals surface area contributed by atoms with Crippen molar-refractivity contribution in [2.24, 2.45) is 12.9 Å². The van der Waals surface area contributed by atoms with Crippen LogP contribution >= 0.6 is 0 Å². The fourth-order valence-corrected chi connectivity index (χ4v) is 1.63. The van der Waals surface area contributed by atoms with E-state index in [0.29, 0.717) is 0 Å². The predicted molar refractivity (Wildman–Crippen MR) is 56.9 cm³/mol. The van der Waals surface area contributed by atoms with Gasteiger partial charge in [0.2, 0.25) is 0 Å². The highest BCUT2D eigenvalue weighted by molar-refractivity contribution is 5.87. The number of fused-ring (bicyclic) bond motifs is 1. The molecule has 0 unspecified atom stereocenters. The second-order valence-electron chi connectivity index (χ2n) is 3.71. The molecule has 0 saturated heterocycles. The van der Waals surface area contributed by atoms with E-state index in [1.165, 1.54) is 29.4 Å². The number of halogens is 3. The molecule has 96 valence electrons. The number of amides is 1. The van der Waals surface area contributed by atoms with Gasteiger partial charge >= 0.3 is 11.8 Å². The zero-order chi connectivity index (χ0) is 13.5. The Morgan fingerprint density at radius 3 is 2.78 bits per heavy atom. The summed E-state index contributed by atoms with van der Waals surface area (Å²) in [6.07, 6.45) is 1.25. The molecule has 0 aliphatic heterocycles. The number of alkyl halides is 2. The molecule has 1 heterocycles. The van der Waals surface area contributed by atoms with Gasteiger partial charge in [-0.25, -0.2) is 10.2 Å². The number of nitrogens with one attached hydrogen (secondary N) is 1. The fraction of sp³-hybridized carbons (Fsp3) is 0.200. The van der Waals surface area contributed by atoms with E-state index in [0.717, 1.165) is 6.07 Å². The van der Waals surface area contributed by atoms with Crippen molar-refractivity contribution >= 4 is 16.8 Å². The second kappa shape index (κ2) is 3.98. The predicted octanol–water partition coefficient (Wildman–Crippen LogP) is 0.794. The SMILES string of the molecule is Cn1cc2c(F)c(C(F)(F)C(=O)NN)ccc2n1. The molecule has 2 rings (SSSR count). The number of nitrogens with zero attached hydrogens (tertiary/aromatic N) is 2. The molecule has 1 aromatic carbocycles. The van der Waals surface area contributed by atoms with Crippen LogP contribution in [0, 0.1) is 5.82 Å². The summed E-state index contributed by atoms with van der Waals surface area (Å²) >= 11 is 0. The normalized spacial score (nSPS) is 11.8. The van der Waals surface area contributed by atoms with Crippen molar-refractivity contribution in [2.45, 2.75) is 5.92 Å². The summed E-state index contributed by atoms with van der Waals surface area (Å²) < 4.78 is 42.4. The van der Waals surface area contributed by atoms with Crippen LogP contribution in [-0.2, 0) is 17.8 Å². The lowest BCUT2D eigenvalue weighted by atomic mass is 10.0. The highest BCUT2D eigenvalue weighted by Crippen LogP contribution is 2.33. The second-order valence-corrected chi connectivity index (χ2v) is 3.71. The molecule has 1 aromatic heterocycles. The lowest BCUT2D eigenvalue weighted by Gasteiger charge is -2.15. The highest BCUT2D eigenvalue weighted by atomic mass is 19.3. The lowest BCUT2D eigenvalue weighted by molar-refractivity contribution is -0.147. The first-order chi connectivity index (χ1) is 8.37. The van der Waals surface area contributed by atoms with Crippen LogP contribution in [0.15, 0.2) is 18.3 Å². The van der Waals surface area contributed by atoms with Crippen LogP contribution < -0.4 is 11.3 Å². The van der Waals surface area contributed by atoms with Crippen molar-refractivity contribution < 1.29 is 18.0 Å². The van der Waals surface area contributed by atoms with Gasteiger partial charge in [0.15, 0.2) is 0 Å². The number of carbonyl (C=O) groups is 1. The molecule has 5 nitrogen and oxygen atoms in total. The van der Waals surface area contributed by atoms with Crippen molar-refractivity contribution in [2.75, 3.05) is 0 Å². The molecule has 8 heteroatoms. The molecule has 3 N–H and O–H groups in total. The topological polar surface area (TPSA) is 72.9 Å². The van der Waals surface area contributed by atoms with E-state index in [2.05, 4.69) is 10.9 Å². The van der Waals surface area contributed by atoms with Crippen LogP contribution in [0.5, 0.6) is 0 Å². The molecule has 0 spiro atoms. The number of hydrogen-bond donors (Lipinski definition) is 2. The van der Waals surface area contributed by atoms with Crippen LogP contribution in [0.1, 0.15) is 5.56 Å². The number of carbonyl (C=O) groups excluding carboxylic acids is 1. The Labute approximate surface area is 99.3 Å². The van der Waals surface area contributed by atoms with E-state index in [9.17, 15) is 18.0 Å². The molecule has 0 atom stereocenters. The number of aromatic nitrogens is 2. The minimum atomic E-state index is -4.04. The molecule has 1 amide bonds. The lowest BCUT2D eigenvalue weighted by Crippen LogP contribution is -2.42. The van der Waals surface area contributed by atoms with Crippen LogP contribution in [0.3, 0.4) is 0 Å². The fourth-order valence-electron chi connectivity index (χ4n) is 1.63. The van der Waals surface area contributed by atoms with E-state index in [-0.39, 0.29) is 10.9 Å². The first-order valence-electron chi connectivity index (χ1n) is 4.89. The molecular formula is C10H9F3N4O. The van der Waals surface area contributed by atoms with Crippen molar-refractivity contribution in [3.63, 3.8) is 0 Å². The van der Waals surface area contributed by atoms with Crippen molar-refractivity contribution in [3.05, 3.63) is 29.7 Å². The smallest absolute Gasteiger partial charge is 0.289 e. The van der Waals surface area contributed by atoms with Gasteiger partial charge in [0, 0.05) is 13.2 Å². The number of aryl methyl sites for hydroxylation is 1. The van der Waals surface area contributed by atoms with Crippen molar-refractivity contribution in [1.82, 2.24) is 15.2 Å². The Kier molecular flexibility index (Phi) is 2.74. The summed E-state index contributed by atoms with van der Waals surface area (Å²) in [5.74, 6) is -2.35. The molecule has 0 saturated carbocycles. The molecule has 0 aliphatic rings. The van der Waals surface area contributed by atoms with E-state index >= 15 is 0 Å². The minimum absolute atomic E-state index is 0.0838. The summed E-state index contributed by atoms with van der Waals surface area (Å²) in [5, 5.41) is 3.78. The maximum atomic E-state index is 13.9. The molecule has 0 fully saturated rings. The van der Waals surface area contributed by atoms with Gasteiger partial charge < -0.3 is 0 Å². The third-order valence-electron chi connectivity index (χ3n) is 2.49. The average Bonchev–Trinajstić information content (AvgIpc) is 2.69. The van der Waals surface area contributed by atoms with Gasteiger partial charge in [0.25, 0.3) is 0 Å². The minimum Gasteiger partial charge on any atom is -0.289 e. The number of hydrogen-bond acceptors (Lipinski definition) is 3. The maximum Gasteiger partial charge on any atom is 0.353 e. The Hall–Kier alpha value is -2.09. The standard InChI is InChI=1S/C10H9F3N4O/c1-17-4-5-7(16-17)3-2-6(8(5)11)10(12,13)9(18)15-14/h2-4H,14H2,1H3,(H,15,18). The number of nitrogens with two attached hydrogens (primary N) is 1. The third kappa shape index (κ3) is 1.70. The van der Waals surface area contributed by atoms with Gasteiger partial charge in [-0.15, -0.1) is 0 Å². The molecule has 18 heavy (non-hydrogen) atoms. The van der Waals surface area contributed by atoms with Gasteiger partial charge in [-0.3, -0.25) is 14.9 Å². The Bertz CT molecular complexity index is 623. The summed E-state index contributed by atoms with van der Waals surface area (Å²) in [4.78, 5) is 11.0. The Balaban J connectivity index is 2.65. The Morgan fingerprint density at radius 2 is 2.17 bits per heavy atom. The molecule has 0 bridgehead atoms. The third-order valence-corrected chi connectivity index (χ3v) is 2.49. The average molecular weight is 258 g/mol. The number of rotatable bonds is 2. The summed E-state index contributed by atoms with van der Waals surface area (Å²) in [5.41, 5.74) is 0.496. The van der Waals surface area contributed by atoms with Crippen molar-refractivity contribution in [1.29, 1.82) is 0 Å². The van der Waals surface area contributed by atoms with Gasteiger partial charge in [-0.1, -0.05) is 0 Å². The molecular weight excluding hydrogens is 249 g/mol. The van der Waals surface area contributed by atoms with Crippen LogP contribution in [-0.4, -0.2) is 15.7 Å². The monoisotopic (exact) mass is 258 g/mol. The van der Waals surface area contributed by atoms with Crippen LogP contribution in [0.25, 0.3) is 10.9 Å². The van der Waals surface area contributed by atoms with Gasteiger partial charge in [0.1, 0.15) is 5.82 Å². The Morgan fingerprint density at radius 1 is 1.50 bits per heavy atom. The first-order valence-corrected chi connectivity index (χ1v) is 4.89. The quantitative estimate of drug-likeness (QED) is 0.475. The first kappa shape index (κ1) is 12.4. The number of hydrazine groups is 1. The van der Waals surface area contributed by atoms with Crippen LogP contribution in [0.4, 0.5) is 13.2 Å². The van der Waals surface area contributed by atoms with Crippen LogP contribution in [0.2, 0.25) is 0 Å². The summed E-state index contributed by atoms with van der Waals surface area (Å²) in [7, 11) is 1.53. The largest absolute Gasteiger partial charge is 0.353 e. The zero-order valence-corrected chi connectivity index (χ0v) is 9.25. The molecule has 0 aliphatic carbocycles. The van der Waals surface area contributed by atoms with E-state index in [1.807, 2.05) is 0 Å². The number of benzene rings is 1. The van der Waals surface area contributed by atoms with Crippen molar-refractivity contribution in [3.8, 4) is 0 Å². The summed E-state index contributed by atoms with van der Waals surface area (Å²) in [6, 6.07) is 2.03. The van der Waals surface area contributed by atoms with E-state index < -0.39 is 23.2 Å². The van der Waals surface area contributed by atoms with Gasteiger partial charge in [0.05, 0.1) is 16.5 Å².